The molecule has 1 unspecified atom stereocenters. The van der Waals surface area contributed by atoms with Gasteiger partial charge in [0.05, 0.1) is 6.04 Å². The van der Waals surface area contributed by atoms with E-state index in [-0.39, 0.29) is 17.6 Å². The Morgan fingerprint density at radius 2 is 1.71 bits per heavy atom. The Hall–Kier alpha value is -0.700. The summed E-state index contributed by atoms with van der Waals surface area (Å²) < 4.78 is 0. The van der Waals surface area contributed by atoms with E-state index >= 15 is 0 Å². The molecule has 0 aliphatic heterocycles. The van der Waals surface area contributed by atoms with E-state index in [4.69, 9.17) is 0 Å². The Morgan fingerprint density at radius 1 is 1.21 bits per heavy atom. The van der Waals surface area contributed by atoms with Gasteiger partial charge in [0.1, 0.15) is 11.6 Å². The molecule has 0 aromatic rings. The monoisotopic (exact) mass is 199 g/mol. The molecule has 0 aromatic heterocycles. The Bertz CT molecular complexity index is 211. The van der Waals surface area contributed by atoms with E-state index in [2.05, 4.69) is 0 Å². The minimum Gasteiger partial charge on any atom is -0.300 e. The summed E-state index contributed by atoms with van der Waals surface area (Å²) in [6.07, 6.45) is 1.13. The molecule has 0 rings (SSSR count). The molecule has 14 heavy (non-hydrogen) atoms. The molecule has 0 bridgehead atoms. The molecule has 0 aliphatic rings. The summed E-state index contributed by atoms with van der Waals surface area (Å²) in [4.78, 5) is 24.2. The van der Waals surface area contributed by atoms with Crippen molar-refractivity contribution in [2.45, 2.75) is 52.6 Å². The summed E-state index contributed by atoms with van der Waals surface area (Å²) in [6, 6.07) is 0.217. The third kappa shape index (κ3) is 4.51. The molecular formula is C11H21NO2. The molecule has 82 valence electrons. The molecule has 0 amide bonds. The first-order valence-electron chi connectivity index (χ1n) is 5.08. The number of carbonyl (C=O) groups excluding carboxylic acids is 2. The van der Waals surface area contributed by atoms with Crippen molar-refractivity contribution in [1.82, 2.24) is 4.90 Å². The Labute approximate surface area is 86.5 Å². The average molecular weight is 199 g/mol. The number of likely N-dealkylation sites (N-methyl/N-ethyl adjacent to an activating group) is 1. The standard InChI is InChI=1S/C11H21NO2/c1-8(2)12(5)11(10(4)14)7-6-9(3)13/h8,11H,6-7H2,1-5H3. The zero-order chi connectivity index (χ0) is 11.3. The van der Waals surface area contributed by atoms with Crippen molar-refractivity contribution in [2.75, 3.05) is 7.05 Å². The summed E-state index contributed by atoms with van der Waals surface area (Å²) in [5, 5.41) is 0. The summed E-state index contributed by atoms with van der Waals surface area (Å²) >= 11 is 0. The van der Waals surface area contributed by atoms with Gasteiger partial charge in [-0.2, -0.15) is 0 Å². The maximum Gasteiger partial charge on any atom is 0.146 e. The second kappa shape index (κ2) is 5.91. The largest absolute Gasteiger partial charge is 0.300 e. The predicted octanol–water partition coefficient (Wildman–Crippen LogP) is 1.65. The predicted molar refractivity (Wildman–Crippen MR) is 57.3 cm³/mol. The Kier molecular flexibility index (Phi) is 5.62. The molecule has 0 radical (unpaired) electrons. The lowest BCUT2D eigenvalue weighted by Gasteiger charge is -2.29. The maximum absolute atomic E-state index is 11.3. The molecule has 0 fully saturated rings. The van der Waals surface area contributed by atoms with Crippen LogP contribution in [0, 0.1) is 0 Å². The molecule has 3 heteroatoms. The van der Waals surface area contributed by atoms with Crippen molar-refractivity contribution in [1.29, 1.82) is 0 Å². The number of hydrogen-bond donors (Lipinski definition) is 0. The van der Waals surface area contributed by atoms with Crippen LogP contribution in [-0.4, -0.2) is 35.6 Å². The number of Topliss-reactive ketones (excluding diaryl/α,β-unsaturated/α-hetero) is 2. The van der Waals surface area contributed by atoms with E-state index in [0.717, 1.165) is 0 Å². The van der Waals surface area contributed by atoms with Gasteiger partial charge in [-0.15, -0.1) is 0 Å². The number of carbonyl (C=O) groups is 2. The first-order valence-corrected chi connectivity index (χ1v) is 5.08. The highest BCUT2D eigenvalue weighted by molar-refractivity contribution is 5.82. The van der Waals surface area contributed by atoms with E-state index in [9.17, 15) is 9.59 Å². The highest BCUT2D eigenvalue weighted by Gasteiger charge is 2.21. The Morgan fingerprint density at radius 3 is 2.00 bits per heavy atom. The molecule has 0 aliphatic carbocycles. The van der Waals surface area contributed by atoms with Gasteiger partial charge in [-0.05, 0) is 41.2 Å². The minimum absolute atomic E-state index is 0.112. The summed E-state index contributed by atoms with van der Waals surface area (Å²) in [7, 11) is 1.93. The minimum atomic E-state index is -0.112. The van der Waals surface area contributed by atoms with E-state index in [1.165, 1.54) is 0 Å². The van der Waals surface area contributed by atoms with Gasteiger partial charge in [0.15, 0.2) is 0 Å². The molecule has 1 atom stereocenters. The van der Waals surface area contributed by atoms with Gasteiger partial charge in [-0.3, -0.25) is 9.69 Å². The van der Waals surface area contributed by atoms with Gasteiger partial charge in [0, 0.05) is 12.5 Å². The summed E-state index contributed by atoms with van der Waals surface area (Å²) in [6.45, 7) is 7.24. The normalized spacial score (nSPS) is 13.4. The first-order chi connectivity index (χ1) is 6.36. The summed E-state index contributed by atoms with van der Waals surface area (Å²) in [5.41, 5.74) is 0. The average Bonchev–Trinajstić information content (AvgIpc) is 2.02. The van der Waals surface area contributed by atoms with Gasteiger partial charge >= 0.3 is 0 Å². The smallest absolute Gasteiger partial charge is 0.146 e. The van der Waals surface area contributed by atoms with Crippen molar-refractivity contribution in [2.24, 2.45) is 0 Å². The van der Waals surface area contributed by atoms with Crippen LogP contribution >= 0.6 is 0 Å². The van der Waals surface area contributed by atoms with Crippen LogP contribution < -0.4 is 0 Å². The fourth-order valence-corrected chi connectivity index (χ4v) is 1.39. The second-order valence-corrected chi connectivity index (χ2v) is 4.13. The Balaban J connectivity index is 4.29. The molecule has 0 saturated heterocycles. The van der Waals surface area contributed by atoms with E-state index in [1.54, 1.807) is 13.8 Å². The summed E-state index contributed by atoms with van der Waals surface area (Å²) in [5.74, 6) is 0.288. The van der Waals surface area contributed by atoms with Crippen molar-refractivity contribution >= 4 is 11.6 Å². The lowest BCUT2D eigenvalue weighted by molar-refractivity contribution is -0.123. The van der Waals surface area contributed by atoms with E-state index < -0.39 is 0 Å². The number of ketones is 2. The molecule has 0 spiro atoms. The lowest BCUT2D eigenvalue weighted by Crippen LogP contribution is -2.41. The molecule has 0 aromatic carbocycles. The molecule has 0 heterocycles. The zero-order valence-electron chi connectivity index (χ0n) is 9.83. The number of rotatable bonds is 6. The first kappa shape index (κ1) is 13.3. The van der Waals surface area contributed by atoms with Crippen LogP contribution in [0.3, 0.4) is 0 Å². The third-order valence-corrected chi connectivity index (χ3v) is 2.55. The van der Waals surface area contributed by atoms with Crippen molar-refractivity contribution < 1.29 is 9.59 Å². The topological polar surface area (TPSA) is 37.4 Å². The van der Waals surface area contributed by atoms with Gasteiger partial charge in [0.25, 0.3) is 0 Å². The molecule has 3 nitrogen and oxygen atoms in total. The van der Waals surface area contributed by atoms with Crippen LogP contribution in [0.5, 0.6) is 0 Å². The van der Waals surface area contributed by atoms with Crippen molar-refractivity contribution in [3.05, 3.63) is 0 Å². The molecule has 0 N–H and O–H groups in total. The number of nitrogens with zero attached hydrogens (tertiary/aromatic N) is 1. The highest BCUT2D eigenvalue weighted by atomic mass is 16.1. The van der Waals surface area contributed by atoms with Crippen LogP contribution in [0.4, 0.5) is 0 Å². The van der Waals surface area contributed by atoms with Crippen LogP contribution in [0.15, 0.2) is 0 Å². The number of hydrogen-bond acceptors (Lipinski definition) is 3. The fraction of sp³-hybridized carbons (Fsp3) is 0.818. The van der Waals surface area contributed by atoms with Gasteiger partial charge < -0.3 is 4.79 Å². The zero-order valence-corrected chi connectivity index (χ0v) is 9.83. The third-order valence-electron chi connectivity index (χ3n) is 2.55. The van der Waals surface area contributed by atoms with Crippen LogP contribution in [0.25, 0.3) is 0 Å². The SMILES string of the molecule is CC(=O)CCC(C(C)=O)N(C)C(C)C. The van der Waals surface area contributed by atoms with Crippen molar-refractivity contribution in [3.63, 3.8) is 0 Å². The van der Waals surface area contributed by atoms with Gasteiger partial charge in [-0.1, -0.05) is 0 Å². The lowest BCUT2D eigenvalue weighted by atomic mass is 10.0. The van der Waals surface area contributed by atoms with Crippen LogP contribution in [0.1, 0.15) is 40.5 Å². The van der Waals surface area contributed by atoms with Crippen LogP contribution in [-0.2, 0) is 9.59 Å². The second-order valence-electron chi connectivity index (χ2n) is 4.13. The maximum atomic E-state index is 11.3. The quantitative estimate of drug-likeness (QED) is 0.653. The van der Waals surface area contributed by atoms with E-state index in [0.29, 0.717) is 18.9 Å². The van der Waals surface area contributed by atoms with E-state index in [1.807, 2.05) is 25.8 Å². The molecular weight excluding hydrogens is 178 g/mol. The van der Waals surface area contributed by atoms with Gasteiger partial charge in [-0.25, -0.2) is 0 Å². The molecule has 0 saturated carbocycles. The van der Waals surface area contributed by atoms with Crippen molar-refractivity contribution in [3.8, 4) is 0 Å². The van der Waals surface area contributed by atoms with Gasteiger partial charge in [0.2, 0.25) is 0 Å². The fourth-order valence-electron chi connectivity index (χ4n) is 1.39. The van der Waals surface area contributed by atoms with Crippen LogP contribution in [0.2, 0.25) is 0 Å². The highest BCUT2D eigenvalue weighted by Crippen LogP contribution is 2.10.